The van der Waals surface area contributed by atoms with Gasteiger partial charge in [-0.15, -0.1) is 0 Å². The molecule has 2 heteroatoms. The maximum Gasteiger partial charge on any atom is 0.0433 e. The molecule has 0 spiro atoms. The van der Waals surface area contributed by atoms with Crippen LogP contribution in [0.25, 0.3) is 0 Å². The molecule has 0 saturated heterocycles. The quantitative estimate of drug-likeness (QED) is 0.758. The highest BCUT2D eigenvalue weighted by Crippen LogP contribution is 2.39. The third-order valence-electron chi connectivity index (χ3n) is 4.20. The molecule has 0 amide bonds. The SMILES string of the molecule is CC1CCC(CN(C)C(C)C)C1CCO. The fourth-order valence-electron chi connectivity index (χ4n) is 2.85. The summed E-state index contributed by atoms with van der Waals surface area (Å²) < 4.78 is 0. The van der Waals surface area contributed by atoms with Crippen LogP contribution < -0.4 is 0 Å². The Hall–Kier alpha value is -0.0800. The molecule has 1 saturated carbocycles. The number of aliphatic hydroxyl groups excluding tert-OH is 1. The van der Waals surface area contributed by atoms with Crippen LogP contribution in [-0.2, 0) is 0 Å². The minimum Gasteiger partial charge on any atom is -0.396 e. The molecule has 1 N–H and O–H groups in total. The van der Waals surface area contributed by atoms with E-state index in [2.05, 4.69) is 32.7 Å². The van der Waals surface area contributed by atoms with Crippen LogP contribution in [0, 0.1) is 17.8 Å². The molecular weight excluding hydrogens is 186 g/mol. The molecule has 0 radical (unpaired) electrons. The van der Waals surface area contributed by atoms with Gasteiger partial charge >= 0.3 is 0 Å². The Morgan fingerprint density at radius 1 is 1.33 bits per heavy atom. The molecule has 1 rings (SSSR count). The lowest BCUT2D eigenvalue weighted by molar-refractivity contribution is 0.164. The van der Waals surface area contributed by atoms with Crippen molar-refractivity contribution in [2.24, 2.45) is 17.8 Å². The van der Waals surface area contributed by atoms with Crippen molar-refractivity contribution >= 4 is 0 Å². The van der Waals surface area contributed by atoms with Crippen LogP contribution in [-0.4, -0.2) is 36.2 Å². The van der Waals surface area contributed by atoms with E-state index in [1.807, 2.05) is 0 Å². The van der Waals surface area contributed by atoms with Crippen molar-refractivity contribution in [2.45, 2.75) is 46.1 Å². The zero-order valence-corrected chi connectivity index (χ0v) is 10.7. The number of hydrogen-bond acceptors (Lipinski definition) is 2. The summed E-state index contributed by atoms with van der Waals surface area (Å²) in [6, 6.07) is 0.635. The minimum absolute atomic E-state index is 0.358. The van der Waals surface area contributed by atoms with Gasteiger partial charge in [0.1, 0.15) is 0 Å². The van der Waals surface area contributed by atoms with E-state index in [9.17, 15) is 0 Å². The molecule has 2 nitrogen and oxygen atoms in total. The lowest BCUT2D eigenvalue weighted by atomic mass is 9.87. The van der Waals surface area contributed by atoms with Crippen molar-refractivity contribution in [1.29, 1.82) is 0 Å². The molecule has 0 bridgehead atoms. The van der Waals surface area contributed by atoms with Crippen LogP contribution in [0.1, 0.15) is 40.0 Å². The van der Waals surface area contributed by atoms with Gasteiger partial charge in [0.25, 0.3) is 0 Å². The highest BCUT2D eigenvalue weighted by atomic mass is 16.3. The predicted octanol–water partition coefficient (Wildman–Crippen LogP) is 2.37. The Balaban J connectivity index is 2.46. The molecular formula is C13H27NO. The largest absolute Gasteiger partial charge is 0.396 e. The topological polar surface area (TPSA) is 23.5 Å². The van der Waals surface area contributed by atoms with Crippen molar-refractivity contribution in [3.05, 3.63) is 0 Å². The summed E-state index contributed by atoms with van der Waals surface area (Å²) in [4.78, 5) is 2.44. The fraction of sp³-hybridized carbons (Fsp3) is 1.00. The van der Waals surface area contributed by atoms with Crippen LogP contribution in [0.5, 0.6) is 0 Å². The Labute approximate surface area is 94.7 Å². The van der Waals surface area contributed by atoms with E-state index >= 15 is 0 Å². The Bertz CT molecular complexity index is 181. The fourth-order valence-corrected chi connectivity index (χ4v) is 2.85. The zero-order chi connectivity index (χ0) is 11.4. The molecule has 0 aliphatic heterocycles. The molecule has 1 aliphatic carbocycles. The van der Waals surface area contributed by atoms with Gasteiger partial charge < -0.3 is 10.0 Å². The van der Waals surface area contributed by atoms with Gasteiger partial charge in [0.2, 0.25) is 0 Å². The maximum atomic E-state index is 9.09. The van der Waals surface area contributed by atoms with Gasteiger partial charge in [-0.3, -0.25) is 0 Å². The van der Waals surface area contributed by atoms with E-state index in [0.29, 0.717) is 12.6 Å². The standard InChI is InChI=1S/C13H27NO/c1-10(2)14(4)9-12-6-5-11(3)13(12)7-8-15/h10-13,15H,5-9H2,1-4H3. The van der Waals surface area contributed by atoms with Gasteiger partial charge in [-0.1, -0.05) is 13.3 Å². The Kier molecular flexibility index (Phi) is 5.07. The average molecular weight is 213 g/mol. The Morgan fingerprint density at radius 3 is 2.53 bits per heavy atom. The third kappa shape index (κ3) is 3.46. The zero-order valence-electron chi connectivity index (χ0n) is 10.7. The lowest BCUT2D eigenvalue weighted by Gasteiger charge is -2.29. The molecule has 0 aromatic rings. The predicted molar refractivity (Wildman–Crippen MR) is 64.8 cm³/mol. The van der Waals surface area contributed by atoms with Crippen molar-refractivity contribution in [2.75, 3.05) is 20.2 Å². The van der Waals surface area contributed by atoms with E-state index in [4.69, 9.17) is 5.11 Å². The second-order valence-electron chi connectivity index (χ2n) is 5.52. The number of nitrogens with zero attached hydrogens (tertiary/aromatic N) is 1. The summed E-state index contributed by atoms with van der Waals surface area (Å²) in [5, 5.41) is 9.09. The summed E-state index contributed by atoms with van der Waals surface area (Å²) >= 11 is 0. The molecule has 0 heterocycles. The molecule has 0 aromatic carbocycles. The maximum absolute atomic E-state index is 9.09. The van der Waals surface area contributed by atoms with Gasteiger partial charge in [-0.25, -0.2) is 0 Å². The van der Waals surface area contributed by atoms with Crippen molar-refractivity contribution in [3.63, 3.8) is 0 Å². The van der Waals surface area contributed by atoms with Crippen molar-refractivity contribution in [3.8, 4) is 0 Å². The van der Waals surface area contributed by atoms with Crippen LogP contribution in [0.2, 0.25) is 0 Å². The monoisotopic (exact) mass is 213 g/mol. The summed E-state index contributed by atoms with van der Waals surface area (Å²) in [6.07, 6.45) is 3.70. The van der Waals surface area contributed by atoms with E-state index in [0.717, 1.165) is 24.2 Å². The number of aliphatic hydroxyl groups is 1. The molecule has 0 aromatic heterocycles. The van der Waals surface area contributed by atoms with E-state index < -0.39 is 0 Å². The average Bonchev–Trinajstić information content (AvgIpc) is 2.50. The molecule has 1 fully saturated rings. The van der Waals surface area contributed by atoms with E-state index in [-0.39, 0.29) is 0 Å². The first-order valence-corrected chi connectivity index (χ1v) is 6.37. The van der Waals surface area contributed by atoms with Crippen LogP contribution in [0.3, 0.4) is 0 Å². The first-order valence-electron chi connectivity index (χ1n) is 6.37. The smallest absolute Gasteiger partial charge is 0.0433 e. The molecule has 90 valence electrons. The van der Waals surface area contributed by atoms with E-state index in [1.165, 1.54) is 19.4 Å². The minimum atomic E-state index is 0.358. The normalized spacial score (nSPS) is 31.8. The first-order chi connectivity index (χ1) is 7.06. The second kappa shape index (κ2) is 5.86. The first kappa shape index (κ1) is 13.0. The van der Waals surface area contributed by atoms with Crippen LogP contribution in [0.15, 0.2) is 0 Å². The lowest BCUT2D eigenvalue weighted by Crippen LogP contribution is -2.33. The summed E-state index contributed by atoms with van der Waals surface area (Å²) in [6.45, 7) is 8.40. The number of hydrogen-bond donors (Lipinski definition) is 1. The molecule has 3 atom stereocenters. The van der Waals surface area contributed by atoms with Crippen LogP contribution >= 0.6 is 0 Å². The second-order valence-corrected chi connectivity index (χ2v) is 5.52. The van der Waals surface area contributed by atoms with Crippen LogP contribution in [0.4, 0.5) is 0 Å². The third-order valence-corrected chi connectivity index (χ3v) is 4.20. The van der Waals surface area contributed by atoms with Gasteiger partial charge in [0.15, 0.2) is 0 Å². The van der Waals surface area contributed by atoms with E-state index in [1.54, 1.807) is 0 Å². The van der Waals surface area contributed by atoms with Crippen molar-refractivity contribution < 1.29 is 5.11 Å². The number of rotatable bonds is 5. The van der Waals surface area contributed by atoms with Gasteiger partial charge in [-0.2, -0.15) is 0 Å². The molecule has 15 heavy (non-hydrogen) atoms. The summed E-state index contributed by atoms with van der Waals surface area (Å²) in [5.74, 6) is 2.36. The van der Waals surface area contributed by atoms with Crippen molar-refractivity contribution in [1.82, 2.24) is 4.90 Å². The highest BCUT2D eigenvalue weighted by molar-refractivity contribution is 4.84. The highest BCUT2D eigenvalue weighted by Gasteiger charge is 2.33. The molecule has 3 unspecified atom stereocenters. The summed E-state index contributed by atoms with van der Waals surface area (Å²) in [5.41, 5.74) is 0. The van der Waals surface area contributed by atoms with Gasteiger partial charge in [0, 0.05) is 19.2 Å². The summed E-state index contributed by atoms with van der Waals surface area (Å²) in [7, 11) is 2.21. The molecule has 1 aliphatic rings. The Morgan fingerprint density at radius 2 is 2.00 bits per heavy atom. The van der Waals surface area contributed by atoms with Gasteiger partial charge in [0.05, 0.1) is 0 Å². The van der Waals surface area contributed by atoms with Gasteiger partial charge in [-0.05, 0) is 51.5 Å².